The molecule has 4 rings (SSSR count). The van der Waals surface area contributed by atoms with Crippen LogP contribution in [0.2, 0.25) is 5.02 Å². The van der Waals surface area contributed by atoms with Gasteiger partial charge in [0.05, 0.1) is 29.3 Å². The Morgan fingerprint density at radius 3 is 2.67 bits per heavy atom. The molecule has 0 spiro atoms. The SMILES string of the molecule is O=C(Cn1c(COc2ccccc2Cl)nc2ccccc21)N1CCOCC1. The molecule has 1 aliphatic rings. The second-order valence-electron chi connectivity index (χ2n) is 6.32. The third-order valence-corrected chi connectivity index (χ3v) is 4.90. The van der Waals surface area contributed by atoms with Gasteiger partial charge in [-0.3, -0.25) is 4.79 Å². The third kappa shape index (κ3) is 3.91. The van der Waals surface area contributed by atoms with E-state index in [4.69, 9.17) is 21.1 Å². The molecular formula is C20H20ClN3O3. The summed E-state index contributed by atoms with van der Waals surface area (Å²) in [6.07, 6.45) is 0. The summed E-state index contributed by atoms with van der Waals surface area (Å²) >= 11 is 6.17. The van der Waals surface area contributed by atoms with Crippen LogP contribution in [-0.4, -0.2) is 46.7 Å². The predicted molar refractivity (Wildman–Crippen MR) is 103 cm³/mol. The van der Waals surface area contributed by atoms with Crippen molar-refractivity contribution in [1.82, 2.24) is 14.5 Å². The Morgan fingerprint density at radius 2 is 1.85 bits per heavy atom. The zero-order valence-corrected chi connectivity index (χ0v) is 15.6. The van der Waals surface area contributed by atoms with Crippen molar-refractivity contribution in [1.29, 1.82) is 0 Å². The van der Waals surface area contributed by atoms with Gasteiger partial charge in [-0.2, -0.15) is 0 Å². The van der Waals surface area contributed by atoms with Crippen molar-refractivity contribution in [3.8, 4) is 5.75 Å². The maximum atomic E-state index is 12.7. The number of nitrogens with zero attached hydrogens (tertiary/aromatic N) is 3. The standard InChI is InChI=1S/C20H20ClN3O3/c21-15-5-1-4-8-18(15)27-14-19-22-16-6-2-3-7-17(16)24(19)13-20(25)23-9-11-26-12-10-23/h1-8H,9-14H2. The lowest BCUT2D eigenvalue weighted by Crippen LogP contribution is -2.42. The van der Waals surface area contributed by atoms with E-state index in [0.717, 1.165) is 11.0 Å². The van der Waals surface area contributed by atoms with E-state index >= 15 is 0 Å². The number of para-hydroxylation sites is 3. The molecule has 1 fully saturated rings. The first kappa shape index (κ1) is 17.8. The number of carbonyl (C=O) groups is 1. The Labute approximate surface area is 162 Å². The number of halogens is 1. The summed E-state index contributed by atoms with van der Waals surface area (Å²) in [5, 5.41) is 0.546. The quantitative estimate of drug-likeness (QED) is 0.677. The highest BCUT2D eigenvalue weighted by Crippen LogP contribution is 2.25. The largest absolute Gasteiger partial charge is 0.484 e. The monoisotopic (exact) mass is 385 g/mol. The molecule has 1 saturated heterocycles. The Hall–Kier alpha value is -2.57. The van der Waals surface area contributed by atoms with Crippen LogP contribution in [0.15, 0.2) is 48.5 Å². The van der Waals surface area contributed by atoms with E-state index in [0.29, 0.717) is 42.9 Å². The number of rotatable bonds is 5. The third-order valence-electron chi connectivity index (χ3n) is 4.58. The van der Waals surface area contributed by atoms with Gasteiger partial charge in [0.25, 0.3) is 0 Å². The molecule has 3 aromatic rings. The Morgan fingerprint density at radius 1 is 1.11 bits per heavy atom. The minimum atomic E-state index is 0.0560. The number of imidazole rings is 1. The molecule has 2 aromatic carbocycles. The number of fused-ring (bicyclic) bond motifs is 1. The number of carbonyl (C=O) groups excluding carboxylic acids is 1. The Bertz CT molecular complexity index is 951. The van der Waals surface area contributed by atoms with Gasteiger partial charge in [-0.05, 0) is 24.3 Å². The molecule has 0 saturated carbocycles. The van der Waals surface area contributed by atoms with Crippen LogP contribution in [0.25, 0.3) is 11.0 Å². The first-order valence-corrected chi connectivity index (χ1v) is 9.27. The van der Waals surface area contributed by atoms with E-state index in [-0.39, 0.29) is 19.1 Å². The van der Waals surface area contributed by atoms with Crippen LogP contribution in [0.4, 0.5) is 0 Å². The molecule has 6 nitrogen and oxygen atoms in total. The summed E-state index contributed by atoms with van der Waals surface area (Å²) in [5.74, 6) is 1.34. The van der Waals surface area contributed by atoms with Crippen LogP contribution in [0.5, 0.6) is 5.75 Å². The summed E-state index contributed by atoms with van der Waals surface area (Å²) < 4.78 is 13.1. The zero-order valence-electron chi connectivity index (χ0n) is 14.8. The molecule has 0 aliphatic carbocycles. The number of morpholine rings is 1. The number of aromatic nitrogens is 2. The van der Waals surface area contributed by atoms with Gasteiger partial charge in [0.2, 0.25) is 5.91 Å². The lowest BCUT2D eigenvalue weighted by Gasteiger charge is -2.27. The lowest BCUT2D eigenvalue weighted by molar-refractivity contribution is -0.135. The molecule has 1 aliphatic heterocycles. The second kappa shape index (κ2) is 7.98. The van der Waals surface area contributed by atoms with Crippen molar-refractivity contribution in [2.45, 2.75) is 13.2 Å². The van der Waals surface area contributed by atoms with E-state index in [2.05, 4.69) is 4.98 Å². The van der Waals surface area contributed by atoms with Gasteiger partial charge in [0.1, 0.15) is 24.7 Å². The molecule has 0 bridgehead atoms. The van der Waals surface area contributed by atoms with Gasteiger partial charge < -0.3 is 18.9 Å². The first-order valence-electron chi connectivity index (χ1n) is 8.89. The van der Waals surface area contributed by atoms with Crippen LogP contribution in [0, 0.1) is 0 Å². The van der Waals surface area contributed by atoms with Crippen LogP contribution >= 0.6 is 11.6 Å². The fourth-order valence-corrected chi connectivity index (χ4v) is 3.35. The second-order valence-corrected chi connectivity index (χ2v) is 6.72. The van der Waals surface area contributed by atoms with E-state index in [1.807, 2.05) is 51.9 Å². The molecule has 1 amide bonds. The van der Waals surface area contributed by atoms with E-state index in [1.54, 1.807) is 6.07 Å². The van der Waals surface area contributed by atoms with Crippen molar-refractivity contribution < 1.29 is 14.3 Å². The molecular weight excluding hydrogens is 366 g/mol. The normalized spacial score (nSPS) is 14.5. The highest BCUT2D eigenvalue weighted by atomic mass is 35.5. The van der Waals surface area contributed by atoms with Gasteiger partial charge in [-0.1, -0.05) is 35.9 Å². The molecule has 140 valence electrons. The van der Waals surface area contributed by atoms with E-state index < -0.39 is 0 Å². The Kier molecular flexibility index (Phi) is 5.27. The number of ether oxygens (including phenoxy) is 2. The van der Waals surface area contributed by atoms with Crippen molar-refractivity contribution in [2.75, 3.05) is 26.3 Å². The number of benzene rings is 2. The zero-order chi connectivity index (χ0) is 18.6. The van der Waals surface area contributed by atoms with Crippen LogP contribution < -0.4 is 4.74 Å². The fraction of sp³-hybridized carbons (Fsp3) is 0.300. The highest BCUT2D eigenvalue weighted by molar-refractivity contribution is 6.32. The summed E-state index contributed by atoms with van der Waals surface area (Å²) in [6, 6.07) is 15.1. The van der Waals surface area contributed by atoms with Gasteiger partial charge in [0, 0.05) is 13.1 Å². The predicted octanol–water partition coefficient (Wildman–Crippen LogP) is 3.13. The maximum absolute atomic E-state index is 12.7. The molecule has 2 heterocycles. The van der Waals surface area contributed by atoms with Crippen molar-refractivity contribution in [3.63, 3.8) is 0 Å². The van der Waals surface area contributed by atoms with Crippen molar-refractivity contribution >= 4 is 28.5 Å². The van der Waals surface area contributed by atoms with Crippen molar-refractivity contribution in [3.05, 3.63) is 59.4 Å². The molecule has 1 aromatic heterocycles. The average Bonchev–Trinajstić information content (AvgIpc) is 3.05. The topological polar surface area (TPSA) is 56.6 Å². The van der Waals surface area contributed by atoms with Gasteiger partial charge >= 0.3 is 0 Å². The smallest absolute Gasteiger partial charge is 0.242 e. The molecule has 7 heteroatoms. The fourth-order valence-electron chi connectivity index (χ4n) is 3.16. The van der Waals surface area contributed by atoms with E-state index in [9.17, 15) is 4.79 Å². The van der Waals surface area contributed by atoms with Crippen LogP contribution in [-0.2, 0) is 22.7 Å². The average molecular weight is 386 g/mol. The number of hydrogen-bond acceptors (Lipinski definition) is 4. The van der Waals surface area contributed by atoms with Gasteiger partial charge in [0.15, 0.2) is 0 Å². The van der Waals surface area contributed by atoms with Crippen molar-refractivity contribution in [2.24, 2.45) is 0 Å². The maximum Gasteiger partial charge on any atom is 0.242 e. The van der Waals surface area contributed by atoms with Crippen LogP contribution in [0.1, 0.15) is 5.82 Å². The molecule has 27 heavy (non-hydrogen) atoms. The minimum absolute atomic E-state index is 0.0560. The first-order chi connectivity index (χ1) is 13.2. The summed E-state index contributed by atoms with van der Waals surface area (Å²) in [7, 11) is 0. The summed E-state index contributed by atoms with van der Waals surface area (Å²) in [6.45, 7) is 2.86. The molecule has 0 N–H and O–H groups in total. The number of amides is 1. The number of hydrogen-bond donors (Lipinski definition) is 0. The van der Waals surface area contributed by atoms with Crippen LogP contribution in [0.3, 0.4) is 0 Å². The highest BCUT2D eigenvalue weighted by Gasteiger charge is 2.20. The minimum Gasteiger partial charge on any atom is -0.484 e. The van der Waals surface area contributed by atoms with Gasteiger partial charge in [-0.25, -0.2) is 4.98 Å². The molecule has 0 radical (unpaired) electrons. The summed E-state index contributed by atoms with van der Waals surface area (Å²) in [4.78, 5) is 19.2. The van der Waals surface area contributed by atoms with Gasteiger partial charge in [-0.15, -0.1) is 0 Å². The van der Waals surface area contributed by atoms with E-state index in [1.165, 1.54) is 0 Å². The molecule has 0 atom stereocenters. The summed E-state index contributed by atoms with van der Waals surface area (Å²) in [5.41, 5.74) is 1.75. The Balaban J connectivity index is 1.59. The lowest BCUT2D eigenvalue weighted by atomic mass is 10.3. The molecule has 0 unspecified atom stereocenters.